The number of aromatic carboxylic acids is 1. The molecule has 0 fully saturated rings. The molecule has 1 aliphatic rings. The van der Waals surface area contributed by atoms with E-state index < -0.39 is 5.97 Å². The molecule has 0 bridgehead atoms. The standard InChI is InChI=1S/C10H12O3/c1-6-9(10(11)12)7-4-2-3-5-8(7)13-6/h2-5H2,1H3,(H,11,12)/p-1. The molecule has 0 aromatic carbocycles. The maximum Gasteiger partial charge on any atom is 0.110 e. The number of carboxylic acids is 1. The largest absolute Gasteiger partial charge is 0.545 e. The lowest BCUT2D eigenvalue weighted by Gasteiger charge is -2.10. The zero-order valence-corrected chi connectivity index (χ0v) is 7.55. The van der Waals surface area contributed by atoms with Gasteiger partial charge in [-0.1, -0.05) is 0 Å². The summed E-state index contributed by atoms with van der Waals surface area (Å²) in [4.78, 5) is 10.8. The summed E-state index contributed by atoms with van der Waals surface area (Å²) in [7, 11) is 0. The van der Waals surface area contributed by atoms with Gasteiger partial charge in [0.05, 0.1) is 5.97 Å². The lowest BCUT2D eigenvalue weighted by molar-refractivity contribution is -0.255. The zero-order chi connectivity index (χ0) is 9.42. The third-order valence-corrected chi connectivity index (χ3v) is 2.55. The van der Waals surface area contributed by atoms with Crippen LogP contribution in [0, 0.1) is 6.92 Å². The number of carbonyl (C=O) groups excluding carboxylic acids is 1. The van der Waals surface area contributed by atoms with Crippen molar-refractivity contribution in [2.45, 2.75) is 32.6 Å². The molecule has 0 saturated heterocycles. The first-order chi connectivity index (χ1) is 6.20. The molecule has 0 amide bonds. The molecule has 0 aliphatic heterocycles. The highest BCUT2D eigenvalue weighted by Crippen LogP contribution is 2.28. The van der Waals surface area contributed by atoms with Crippen molar-refractivity contribution in [2.24, 2.45) is 0 Å². The lowest BCUT2D eigenvalue weighted by Crippen LogP contribution is -2.24. The van der Waals surface area contributed by atoms with Crippen LogP contribution in [-0.4, -0.2) is 5.97 Å². The Morgan fingerprint density at radius 1 is 1.38 bits per heavy atom. The Morgan fingerprint density at radius 2 is 2.08 bits per heavy atom. The third kappa shape index (κ3) is 1.24. The third-order valence-electron chi connectivity index (χ3n) is 2.55. The van der Waals surface area contributed by atoms with Crippen LogP contribution < -0.4 is 5.11 Å². The topological polar surface area (TPSA) is 53.3 Å². The predicted octanol–water partition coefficient (Wildman–Crippen LogP) is 0.830. The van der Waals surface area contributed by atoms with Gasteiger partial charge in [-0.3, -0.25) is 0 Å². The molecule has 0 N–H and O–H groups in total. The van der Waals surface area contributed by atoms with Crippen LogP contribution in [0.25, 0.3) is 0 Å². The van der Waals surface area contributed by atoms with E-state index in [2.05, 4.69) is 0 Å². The number of carbonyl (C=O) groups is 1. The number of fused-ring (bicyclic) bond motifs is 1. The molecule has 0 radical (unpaired) electrons. The Morgan fingerprint density at radius 3 is 2.77 bits per heavy atom. The molecule has 13 heavy (non-hydrogen) atoms. The van der Waals surface area contributed by atoms with Gasteiger partial charge in [0.25, 0.3) is 0 Å². The highest BCUT2D eigenvalue weighted by molar-refractivity contribution is 5.89. The Labute approximate surface area is 76.4 Å². The van der Waals surface area contributed by atoms with E-state index in [4.69, 9.17) is 4.42 Å². The quantitative estimate of drug-likeness (QED) is 0.641. The van der Waals surface area contributed by atoms with Crippen molar-refractivity contribution in [3.63, 3.8) is 0 Å². The van der Waals surface area contributed by atoms with Crippen LogP contribution in [0.3, 0.4) is 0 Å². The van der Waals surface area contributed by atoms with E-state index in [1.165, 1.54) is 0 Å². The summed E-state index contributed by atoms with van der Waals surface area (Å²) < 4.78 is 5.38. The van der Waals surface area contributed by atoms with Gasteiger partial charge in [0, 0.05) is 17.5 Å². The Kier molecular flexibility index (Phi) is 1.87. The molecule has 0 unspecified atom stereocenters. The van der Waals surface area contributed by atoms with Crippen molar-refractivity contribution in [1.29, 1.82) is 0 Å². The van der Waals surface area contributed by atoms with E-state index >= 15 is 0 Å². The van der Waals surface area contributed by atoms with Crippen LogP contribution in [-0.2, 0) is 12.8 Å². The number of hydrogen-bond donors (Lipinski definition) is 0. The first-order valence-corrected chi connectivity index (χ1v) is 4.52. The molecule has 1 aliphatic carbocycles. The number of furan rings is 1. The first kappa shape index (κ1) is 8.35. The first-order valence-electron chi connectivity index (χ1n) is 4.52. The summed E-state index contributed by atoms with van der Waals surface area (Å²) in [5.41, 5.74) is 1.15. The summed E-state index contributed by atoms with van der Waals surface area (Å²) in [5, 5.41) is 10.8. The molecule has 3 heteroatoms. The highest BCUT2D eigenvalue weighted by atomic mass is 16.4. The Hall–Kier alpha value is -1.25. The molecule has 1 aromatic rings. The molecule has 70 valence electrons. The zero-order valence-electron chi connectivity index (χ0n) is 7.55. The number of hydrogen-bond acceptors (Lipinski definition) is 3. The van der Waals surface area contributed by atoms with Gasteiger partial charge < -0.3 is 14.3 Å². The number of aryl methyl sites for hydroxylation is 2. The Bertz CT molecular complexity index is 349. The summed E-state index contributed by atoms with van der Waals surface area (Å²) in [6.07, 6.45) is 3.82. The molecule has 1 aromatic heterocycles. The number of carboxylic acid groups (broad SMARTS) is 1. The van der Waals surface area contributed by atoms with Gasteiger partial charge in [0.15, 0.2) is 0 Å². The van der Waals surface area contributed by atoms with Crippen LogP contribution in [0.4, 0.5) is 0 Å². The fraction of sp³-hybridized carbons (Fsp3) is 0.500. The van der Waals surface area contributed by atoms with Gasteiger partial charge in [-0.05, 0) is 26.2 Å². The lowest BCUT2D eigenvalue weighted by atomic mass is 9.95. The van der Waals surface area contributed by atoms with E-state index in [-0.39, 0.29) is 5.56 Å². The minimum Gasteiger partial charge on any atom is -0.545 e. The van der Waals surface area contributed by atoms with Crippen molar-refractivity contribution in [3.05, 3.63) is 22.6 Å². The second kappa shape index (κ2) is 2.91. The average molecular weight is 179 g/mol. The predicted molar refractivity (Wildman–Crippen MR) is 44.4 cm³/mol. The van der Waals surface area contributed by atoms with Crippen molar-refractivity contribution < 1.29 is 14.3 Å². The Balaban J connectivity index is 2.54. The van der Waals surface area contributed by atoms with E-state index in [1.54, 1.807) is 6.92 Å². The number of rotatable bonds is 1. The summed E-state index contributed by atoms with van der Waals surface area (Å²) in [5.74, 6) is 0.235. The molecule has 0 saturated carbocycles. The van der Waals surface area contributed by atoms with Crippen molar-refractivity contribution in [3.8, 4) is 0 Å². The summed E-state index contributed by atoms with van der Waals surface area (Å²) in [6.45, 7) is 1.68. The summed E-state index contributed by atoms with van der Waals surface area (Å²) >= 11 is 0. The normalized spacial score (nSPS) is 15.5. The van der Waals surface area contributed by atoms with Crippen molar-refractivity contribution >= 4 is 5.97 Å². The summed E-state index contributed by atoms with van der Waals surface area (Å²) in [6, 6.07) is 0. The van der Waals surface area contributed by atoms with E-state index in [0.29, 0.717) is 5.76 Å². The molecule has 0 atom stereocenters. The molecular formula is C10H11O3-. The van der Waals surface area contributed by atoms with Gasteiger partial charge in [-0.15, -0.1) is 0 Å². The molecule has 3 nitrogen and oxygen atoms in total. The van der Waals surface area contributed by atoms with Gasteiger partial charge in [0.1, 0.15) is 11.5 Å². The van der Waals surface area contributed by atoms with E-state index in [1.807, 2.05) is 0 Å². The molecule has 0 spiro atoms. The van der Waals surface area contributed by atoms with Crippen LogP contribution in [0.15, 0.2) is 4.42 Å². The fourth-order valence-corrected chi connectivity index (χ4v) is 1.97. The maximum absolute atomic E-state index is 10.8. The maximum atomic E-state index is 10.8. The van der Waals surface area contributed by atoms with Crippen LogP contribution in [0.2, 0.25) is 0 Å². The monoisotopic (exact) mass is 179 g/mol. The van der Waals surface area contributed by atoms with Crippen molar-refractivity contribution in [2.75, 3.05) is 0 Å². The van der Waals surface area contributed by atoms with E-state index in [0.717, 1.165) is 37.0 Å². The highest BCUT2D eigenvalue weighted by Gasteiger charge is 2.20. The molecule has 1 heterocycles. The van der Waals surface area contributed by atoms with Crippen LogP contribution in [0.5, 0.6) is 0 Å². The van der Waals surface area contributed by atoms with Gasteiger partial charge >= 0.3 is 0 Å². The smallest absolute Gasteiger partial charge is 0.110 e. The van der Waals surface area contributed by atoms with E-state index in [9.17, 15) is 9.90 Å². The van der Waals surface area contributed by atoms with Gasteiger partial charge in [0.2, 0.25) is 0 Å². The van der Waals surface area contributed by atoms with Gasteiger partial charge in [-0.2, -0.15) is 0 Å². The van der Waals surface area contributed by atoms with Crippen LogP contribution >= 0.6 is 0 Å². The van der Waals surface area contributed by atoms with Gasteiger partial charge in [-0.25, -0.2) is 0 Å². The fourth-order valence-electron chi connectivity index (χ4n) is 1.97. The second-order valence-electron chi connectivity index (χ2n) is 3.43. The average Bonchev–Trinajstić information content (AvgIpc) is 2.39. The SMILES string of the molecule is Cc1oc2c(c1C(=O)[O-])CCCC2. The van der Waals surface area contributed by atoms with Crippen molar-refractivity contribution in [1.82, 2.24) is 0 Å². The minimum atomic E-state index is -1.11. The molecular weight excluding hydrogens is 168 g/mol. The minimum absolute atomic E-state index is 0.287. The molecule has 2 rings (SSSR count). The van der Waals surface area contributed by atoms with Crippen LogP contribution in [0.1, 0.15) is 40.3 Å². The second-order valence-corrected chi connectivity index (χ2v) is 3.43.